The zero-order chi connectivity index (χ0) is 18.9. The van der Waals surface area contributed by atoms with Gasteiger partial charge < -0.3 is 9.47 Å². The van der Waals surface area contributed by atoms with Crippen molar-refractivity contribution in [1.82, 2.24) is 4.72 Å². The maximum absolute atomic E-state index is 12.2. The Balaban J connectivity index is 2.53. The maximum Gasteiger partial charge on any atom is 0.212 e. The van der Waals surface area contributed by atoms with Crippen LogP contribution in [0.1, 0.15) is 59.1 Å². The molecule has 0 aliphatic rings. The minimum atomic E-state index is -3.34. The largest absolute Gasteiger partial charge is 0.491 e. The summed E-state index contributed by atoms with van der Waals surface area (Å²) in [6.07, 6.45) is 1.55. The van der Waals surface area contributed by atoms with Gasteiger partial charge in [-0.2, -0.15) is 0 Å². The minimum Gasteiger partial charge on any atom is -0.491 e. The Kier molecular flexibility index (Phi) is 9.46. The summed E-state index contributed by atoms with van der Waals surface area (Å²) in [6, 6.07) is 7.27. The van der Waals surface area contributed by atoms with E-state index in [0.29, 0.717) is 25.6 Å². The topological polar surface area (TPSA) is 64.6 Å². The van der Waals surface area contributed by atoms with Gasteiger partial charge in [-0.3, -0.25) is 0 Å². The second-order valence-electron chi connectivity index (χ2n) is 6.89. The van der Waals surface area contributed by atoms with Gasteiger partial charge in [0.15, 0.2) is 0 Å². The number of ether oxygens (including phenoxy) is 2. The highest BCUT2D eigenvalue weighted by Crippen LogP contribution is 2.21. The van der Waals surface area contributed by atoms with Crippen molar-refractivity contribution >= 4 is 10.0 Å². The monoisotopic (exact) mass is 371 g/mol. The lowest BCUT2D eigenvalue weighted by molar-refractivity contribution is 0.111. The van der Waals surface area contributed by atoms with Crippen LogP contribution in [0.4, 0.5) is 0 Å². The Morgan fingerprint density at radius 3 is 2.52 bits per heavy atom. The standard InChI is InChI=1S/C19H33NO4S/c1-6-16(4)24-19-10-7-9-18(13-19)17(5)20-25(21,22)12-8-11-23-14-15(2)3/h7,9-10,13,15-17,20H,6,8,11-12,14H2,1-5H3/t16-,17+/m0/s1. The fourth-order valence-corrected chi connectivity index (χ4v) is 3.53. The van der Waals surface area contributed by atoms with Crippen LogP contribution in [0.2, 0.25) is 0 Å². The van der Waals surface area contributed by atoms with E-state index in [1.807, 2.05) is 38.1 Å². The third-order valence-electron chi connectivity index (χ3n) is 3.78. The summed E-state index contributed by atoms with van der Waals surface area (Å²) >= 11 is 0. The van der Waals surface area contributed by atoms with Crippen LogP contribution in [-0.2, 0) is 14.8 Å². The Bertz CT molecular complexity index is 601. The van der Waals surface area contributed by atoms with Crippen molar-refractivity contribution in [1.29, 1.82) is 0 Å². The molecule has 1 N–H and O–H groups in total. The van der Waals surface area contributed by atoms with E-state index < -0.39 is 10.0 Å². The highest BCUT2D eigenvalue weighted by Gasteiger charge is 2.16. The average Bonchev–Trinajstić information content (AvgIpc) is 2.53. The lowest BCUT2D eigenvalue weighted by Gasteiger charge is -2.17. The number of rotatable bonds is 12. The molecule has 0 radical (unpaired) electrons. The zero-order valence-corrected chi connectivity index (χ0v) is 16.9. The van der Waals surface area contributed by atoms with Crippen molar-refractivity contribution in [2.45, 2.75) is 59.6 Å². The molecule has 6 heteroatoms. The molecular formula is C19H33NO4S. The van der Waals surface area contributed by atoms with Crippen molar-refractivity contribution in [2.24, 2.45) is 5.92 Å². The van der Waals surface area contributed by atoms with Crippen LogP contribution in [-0.4, -0.2) is 33.5 Å². The van der Waals surface area contributed by atoms with Gasteiger partial charge in [-0.15, -0.1) is 0 Å². The zero-order valence-electron chi connectivity index (χ0n) is 16.1. The van der Waals surface area contributed by atoms with Crippen LogP contribution in [0.3, 0.4) is 0 Å². The van der Waals surface area contributed by atoms with Crippen LogP contribution in [0.25, 0.3) is 0 Å². The lowest BCUT2D eigenvalue weighted by Crippen LogP contribution is -2.29. The maximum atomic E-state index is 12.2. The molecule has 0 spiro atoms. The first-order chi connectivity index (χ1) is 11.7. The summed E-state index contributed by atoms with van der Waals surface area (Å²) in [6.45, 7) is 11.2. The van der Waals surface area contributed by atoms with Crippen LogP contribution in [0.15, 0.2) is 24.3 Å². The van der Waals surface area contributed by atoms with Gasteiger partial charge in [0, 0.05) is 19.3 Å². The predicted molar refractivity (Wildman–Crippen MR) is 102 cm³/mol. The second-order valence-corrected chi connectivity index (χ2v) is 8.76. The molecule has 0 unspecified atom stereocenters. The summed E-state index contributed by atoms with van der Waals surface area (Å²) in [5, 5.41) is 0. The van der Waals surface area contributed by atoms with Crippen LogP contribution < -0.4 is 9.46 Å². The van der Waals surface area contributed by atoms with Crippen molar-refractivity contribution in [3.8, 4) is 5.75 Å². The fraction of sp³-hybridized carbons (Fsp3) is 0.684. The van der Waals surface area contributed by atoms with Crippen molar-refractivity contribution in [2.75, 3.05) is 19.0 Å². The van der Waals surface area contributed by atoms with Gasteiger partial charge in [0.05, 0.1) is 11.9 Å². The van der Waals surface area contributed by atoms with E-state index in [9.17, 15) is 8.42 Å². The summed E-state index contributed by atoms with van der Waals surface area (Å²) in [7, 11) is -3.34. The molecule has 0 saturated carbocycles. The molecule has 5 nitrogen and oxygen atoms in total. The molecule has 0 amide bonds. The first-order valence-electron chi connectivity index (χ1n) is 9.08. The van der Waals surface area contributed by atoms with E-state index in [0.717, 1.165) is 17.7 Å². The van der Waals surface area contributed by atoms with Crippen molar-refractivity contribution in [3.05, 3.63) is 29.8 Å². The quantitative estimate of drug-likeness (QED) is 0.566. The molecule has 1 aromatic rings. The SMILES string of the molecule is CC[C@H](C)Oc1cccc([C@@H](C)NS(=O)(=O)CCCOCC(C)C)c1. The van der Waals surface area contributed by atoms with E-state index in [2.05, 4.69) is 25.5 Å². The first kappa shape index (κ1) is 21.9. The summed E-state index contributed by atoms with van der Waals surface area (Å²) in [4.78, 5) is 0. The number of sulfonamides is 1. The van der Waals surface area contributed by atoms with Gasteiger partial charge in [0.1, 0.15) is 5.75 Å². The third-order valence-corrected chi connectivity index (χ3v) is 5.32. The number of hydrogen-bond donors (Lipinski definition) is 1. The molecule has 0 bridgehead atoms. The van der Waals surface area contributed by atoms with Crippen molar-refractivity contribution in [3.63, 3.8) is 0 Å². The van der Waals surface area contributed by atoms with E-state index in [4.69, 9.17) is 9.47 Å². The lowest BCUT2D eigenvalue weighted by atomic mass is 10.1. The van der Waals surface area contributed by atoms with Crippen LogP contribution >= 0.6 is 0 Å². The Morgan fingerprint density at radius 1 is 1.16 bits per heavy atom. The van der Waals surface area contributed by atoms with E-state index in [1.54, 1.807) is 0 Å². The molecule has 0 aliphatic carbocycles. The minimum absolute atomic E-state index is 0.0680. The van der Waals surface area contributed by atoms with E-state index in [-0.39, 0.29) is 17.9 Å². The number of nitrogens with one attached hydrogen (secondary N) is 1. The smallest absolute Gasteiger partial charge is 0.212 e. The van der Waals surface area contributed by atoms with Crippen molar-refractivity contribution < 1.29 is 17.9 Å². The van der Waals surface area contributed by atoms with Gasteiger partial charge in [0.2, 0.25) is 10.0 Å². The molecular weight excluding hydrogens is 338 g/mol. The molecule has 0 aromatic heterocycles. The molecule has 0 fully saturated rings. The van der Waals surface area contributed by atoms with Crippen LogP contribution in [0.5, 0.6) is 5.75 Å². The van der Waals surface area contributed by atoms with Gasteiger partial charge in [-0.05, 0) is 50.3 Å². The molecule has 2 atom stereocenters. The van der Waals surface area contributed by atoms with Gasteiger partial charge >= 0.3 is 0 Å². The van der Waals surface area contributed by atoms with E-state index in [1.165, 1.54) is 0 Å². The third kappa shape index (κ3) is 9.23. The van der Waals surface area contributed by atoms with Gasteiger partial charge in [-0.25, -0.2) is 13.1 Å². The van der Waals surface area contributed by atoms with E-state index >= 15 is 0 Å². The average molecular weight is 372 g/mol. The number of benzene rings is 1. The Labute approximate surface area is 153 Å². The second kappa shape index (κ2) is 10.8. The molecule has 0 saturated heterocycles. The number of hydrogen-bond acceptors (Lipinski definition) is 4. The Hall–Kier alpha value is -1.11. The fourth-order valence-electron chi connectivity index (χ4n) is 2.24. The van der Waals surface area contributed by atoms with Gasteiger partial charge in [-0.1, -0.05) is 32.9 Å². The summed E-state index contributed by atoms with van der Waals surface area (Å²) < 4.78 is 38.4. The molecule has 144 valence electrons. The molecule has 1 aromatic carbocycles. The predicted octanol–water partition coefficient (Wildman–Crippen LogP) is 3.91. The first-order valence-corrected chi connectivity index (χ1v) is 10.7. The summed E-state index contributed by atoms with van der Waals surface area (Å²) in [5.74, 6) is 1.29. The molecule has 25 heavy (non-hydrogen) atoms. The molecule has 0 aliphatic heterocycles. The normalized spacial score (nSPS) is 14.5. The highest BCUT2D eigenvalue weighted by molar-refractivity contribution is 7.89. The van der Waals surface area contributed by atoms with Gasteiger partial charge in [0.25, 0.3) is 0 Å². The highest BCUT2D eigenvalue weighted by atomic mass is 32.2. The molecule has 0 heterocycles. The Morgan fingerprint density at radius 2 is 1.88 bits per heavy atom. The summed E-state index contributed by atoms with van der Waals surface area (Å²) in [5.41, 5.74) is 0.889. The van der Waals surface area contributed by atoms with Crippen LogP contribution in [0, 0.1) is 5.92 Å². The molecule has 1 rings (SSSR count).